The lowest BCUT2D eigenvalue weighted by atomic mass is 10.1. The van der Waals surface area contributed by atoms with Crippen LogP contribution in [0.2, 0.25) is 0 Å². The number of nitrogens with zero attached hydrogens (tertiary/aromatic N) is 3. The first-order chi connectivity index (χ1) is 7.45. The van der Waals surface area contributed by atoms with Crippen molar-refractivity contribution >= 4 is 22.2 Å². The van der Waals surface area contributed by atoms with Crippen LogP contribution in [0, 0.1) is 0 Å². The molecule has 0 amide bonds. The van der Waals surface area contributed by atoms with Gasteiger partial charge in [0, 0.05) is 22.5 Å². The van der Waals surface area contributed by atoms with Gasteiger partial charge in [0.25, 0.3) is 0 Å². The quantitative estimate of drug-likeness (QED) is 0.624. The van der Waals surface area contributed by atoms with Gasteiger partial charge in [0.2, 0.25) is 0 Å². The highest BCUT2D eigenvalue weighted by Gasteiger charge is 2.06. The normalized spacial score (nSPS) is 10.7. The first kappa shape index (κ1) is 8.49. The fourth-order valence-electron chi connectivity index (χ4n) is 1.53. The Bertz CT molecular complexity index is 584. The van der Waals surface area contributed by atoms with Crippen molar-refractivity contribution in [2.75, 3.05) is 0 Å². The molecule has 0 bridgehead atoms. The Morgan fingerprint density at radius 3 is 2.93 bits per heavy atom. The van der Waals surface area contributed by atoms with E-state index < -0.39 is 0 Å². The van der Waals surface area contributed by atoms with Gasteiger partial charge in [0.1, 0.15) is 5.01 Å². The van der Waals surface area contributed by atoms with E-state index in [1.54, 1.807) is 23.7 Å². The third-order valence-corrected chi connectivity index (χ3v) is 3.02. The van der Waals surface area contributed by atoms with Crippen molar-refractivity contribution in [3.05, 3.63) is 42.0 Å². The van der Waals surface area contributed by atoms with Crippen molar-refractivity contribution in [1.82, 2.24) is 15.2 Å². The van der Waals surface area contributed by atoms with Gasteiger partial charge in [-0.3, -0.25) is 0 Å². The van der Waals surface area contributed by atoms with E-state index in [2.05, 4.69) is 15.2 Å². The first-order valence-electron chi connectivity index (χ1n) is 4.55. The van der Waals surface area contributed by atoms with Crippen LogP contribution in [-0.4, -0.2) is 15.2 Å². The van der Waals surface area contributed by atoms with Gasteiger partial charge in [-0.15, -0.1) is 11.3 Å². The lowest BCUT2D eigenvalue weighted by Gasteiger charge is -2.00. The second kappa shape index (κ2) is 3.40. The van der Waals surface area contributed by atoms with Crippen molar-refractivity contribution in [3.8, 4) is 10.6 Å². The van der Waals surface area contributed by atoms with Crippen LogP contribution in [0.5, 0.6) is 0 Å². The lowest BCUT2D eigenvalue weighted by molar-refractivity contribution is 1.08. The summed E-state index contributed by atoms with van der Waals surface area (Å²) >= 11 is 1.61. The minimum Gasteiger partial charge on any atom is -0.244 e. The van der Waals surface area contributed by atoms with Gasteiger partial charge in [-0.2, -0.15) is 10.2 Å². The van der Waals surface area contributed by atoms with Gasteiger partial charge in [0.15, 0.2) is 0 Å². The third kappa shape index (κ3) is 1.39. The Morgan fingerprint density at radius 2 is 2.07 bits per heavy atom. The highest BCUT2D eigenvalue weighted by atomic mass is 32.1. The second-order valence-corrected chi connectivity index (χ2v) is 4.01. The summed E-state index contributed by atoms with van der Waals surface area (Å²) in [5.74, 6) is 0. The van der Waals surface area contributed by atoms with E-state index in [0.29, 0.717) is 0 Å². The number of benzene rings is 1. The molecule has 0 aliphatic carbocycles. The predicted octanol–water partition coefficient (Wildman–Crippen LogP) is 2.75. The van der Waals surface area contributed by atoms with Gasteiger partial charge in [-0.1, -0.05) is 18.2 Å². The van der Waals surface area contributed by atoms with Gasteiger partial charge >= 0.3 is 0 Å². The lowest BCUT2D eigenvalue weighted by Crippen LogP contribution is -1.86. The van der Waals surface area contributed by atoms with Gasteiger partial charge in [-0.25, -0.2) is 4.98 Å². The number of thiazole rings is 1. The number of hydrogen-bond acceptors (Lipinski definition) is 4. The summed E-state index contributed by atoms with van der Waals surface area (Å²) in [6.45, 7) is 0. The van der Waals surface area contributed by atoms with Gasteiger partial charge < -0.3 is 0 Å². The van der Waals surface area contributed by atoms with Crippen LogP contribution in [0.1, 0.15) is 0 Å². The van der Waals surface area contributed by atoms with Crippen molar-refractivity contribution in [3.63, 3.8) is 0 Å². The topological polar surface area (TPSA) is 38.7 Å². The molecule has 0 saturated carbocycles. The smallest absolute Gasteiger partial charge is 0.125 e. The van der Waals surface area contributed by atoms with E-state index in [0.717, 1.165) is 21.5 Å². The first-order valence-corrected chi connectivity index (χ1v) is 5.43. The molecule has 0 unspecified atom stereocenters. The fraction of sp³-hybridized carbons (Fsp3) is 0. The van der Waals surface area contributed by atoms with E-state index in [1.165, 1.54) is 0 Å². The minimum atomic E-state index is 0.908. The van der Waals surface area contributed by atoms with Crippen LogP contribution in [-0.2, 0) is 0 Å². The molecule has 3 rings (SSSR count). The summed E-state index contributed by atoms with van der Waals surface area (Å²) in [5, 5.41) is 12.1. The molecule has 0 saturated heterocycles. The van der Waals surface area contributed by atoms with E-state index >= 15 is 0 Å². The van der Waals surface area contributed by atoms with Crippen LogP contribution in [0.25, 0.3) is 21.5 Å². The number of fused-ring (bicyclic) bond motifs is 1. The zero-order valence-corrected chi connectivity index (χ0v) is 8.61. The number of hydrogen-bond donors (Lipinski definition) is 0. The van der Waals surface area contributed by atoms with Crippen LogP contribution >= 0.6 is 11.3 Å². The summed E-state index contributed by atoms with van der Waals surface area (Å²) in [6.07, 6.45) is 3.57. The summed E-state index contributed by atoms with van der Waals surface area (Å²) in [7, 11) is 0. The number of rotatable bonds is 1. The molecule has 4 heteroatoms. The molecule has 0 N–H and O–H groups in total. The van der Waals surface area contributed by atoms with Crippen LogP contribution < -0.4 is 0 Å². The molecule has 2 heterocycles. The zero-order valence-electron chi connectivity index (χ0n) is 7.79. The fourth-order valence-corrected chi connectivity index (χ4v) is 2.20. The monoisotopic (exact) mass is 213 g/mol. The minimum absolute atomic E-state index is 0.908. The van der Waals surface area contributed by atoms with Gasteiger partial charge in [-0.05, 0) is 6.07 Å². The number of aromatic nitrogens is 3. The maximum Gasteiger partial charge on any atom is 0.125 e. The van der Waals surface area contributed by atoms with Crippen LogP contribution in [0.3, 0.4) is 0 Å². The molecule has 0 atom stereocenters. The third-order valence-electron chi connectivity index (χ3n) is 2.21. The molecule has 0 aliphatic rings. The molecule has 15 heavy (non-hydrogen) atoms. The zero-order chi connectivity index (χ0) is 10.1. The molecule has 2 aromatic heterocycles. The molecule has 0 spiro atoms. The Hall–Kier alpha value is -1.81. The highest BCUT2D eigenvalue weighted by Crippen LogP contribution is 2.27. The molecule has 3 nitrogen and oxygen atoms in total. The molecule has 0 fully saturated rings. The summed E-state index contributed by atoms with van der Waals surface area (Å²) in [5.41, 5.74) is 1.96. The summed E-state index contributed by atoms with van der Waals surface area (Å²) < 4.78 is 0. The van der Waals surface area contributed by atoms with Crippen LogP contribution in [0.4, 0.5) is 0 Å². The average Bonchev–Trinajstić information content (AvgIpc) is 2.82. The Labute approximate surface area is 90.4 Å². The Morgan fingerprint density at radius 1 is 1.13 bits per heavy atom. The standard InChI is InChI=1S/C11H7N3S/c1-2-4-10-8(3-1)9(7-13-14-10)11-12-5-6-15-11/h1-7H. The van der Waals surface area contributed by atoms with Gasteiger partial charge in [0.05, 0.1) is 11.7 Å². The Kier molecular flexibility index (Phi) is 1.93. The molecular weight excluding hydrogens is 206 g/mol. The Balaban J connectivity index is 2.36. The summed E-state index contributed by atoms with van der Waals surface area (Å²) in [4.78, 5) is 4.29. The highest BCUT2D eigenvalue weighted by molar-refractivity contribution is 7.13. The molecule has 3 aromatic rings. The molecular formula is C11H7N3S. The SMILES string of the molecule is c1ccc2c(-c3nccs3)cnnc2c1. The van der Waals surface area contributed by atoms with E-state index in [-0.39, 0.29) is 0 Å². The van der Waals surface area contributed by atoms with Crippen LogP contribution in [0.15, 0.2) is 42.0 Å². The summed E-state index contributed by atoms with van der Waals surface area (Å²) in [6, 6.07) is 7.96. The maximum absolute atomic E-state index is 4.29. The molecule has 72 valence electrons. The maximum atomic E-state index is 4.29. The largest absolute Gasteiger partial charge is 0.244 e. The van der Waals surface area contributed by atoms with Crippen molar-refractivity contribution in [2.45, 2.75) is 0 Å². The van der Waals surface area contributed by atoms with Crippen molar-refractivity contribution in [2.24, 2.45) is 0 Å². The van der Waals surface area contributed by atoms with Crippen molar-refractivity contribution in [1.29, 1.82) is 0 Å². The second-order valence-electron chi connectivity index (χ2n) is 3.11. The van der Waals surface area contributed by atoms with Crippen molar-refractivity contribution < 1.29 is 0 Å². The average molecular weight is 213 g/mol. The molecule has 0 radical (unpaired) electrons. The molecule has 1 aromatic carbocycles. The predicted molar refractivity (Wildman–Crippen MR) is 60.6 cm³/mol. The van der Waals surface area contributed by atoms with E-state index in [4.69, 9.17) is 0 Å². The van der Waals surface area contributed by atoms with E-state index in [1.807, 2.05) is 29.6 Å². The van der Waals surface area contributed by atoms with E-state index in [9.17, 15) is 0 Å². The molecule has 0 aliphatic heterocycles.